The summed E-state index contributed by atoms with van der Waals surface area (Å²) in [6.07, 6.45) is -0.00919. The lowest BCUT2D eigenvalue weighted by molar-refractivity contribution is 0.0842. The molecular weight excluding hydrogens is 295 g/mol. The molecule has 0 bridgehead atoms. The summed E-state index contributed by atoms with van der Waals surface area (Å²) in [4.78, 5) is 0. The Morgan fingerprint density at radius 1 is 1.13 bits per heavy atom. The third-order valence-electron chi connectivity index (χ3n) is 3.79. The van der Waals surface area contributed by atoms with E-state index in [-0.39, 0.29) is 11.7 Å². The molecule has 0 amide bonds. The summed E-state index contributed by atoms with van der Waals surface area (Å²) in [6.45, 7) is 12.5. The maximum Gasteiger partial charge on any atom is 0.498 e. The SMILES string of the molecule is CC.CCOc1c(B2OC(C)C(C)(C)O2)ccc(OC)c1OC. The molecule has 1 aromatic carbocycles. The fourth-order valence-electron chi connectivity index (χ4n) is 2.28. The fraction of sp³-hybridized carbons (Fsp3) is 0.647. The maximum absolute atomic E-state index is 6.01. The van der Waals surface area contributed by atoms with E-state index in [1.54, 1.807) is 14.2 Å². The highest BCUT2D eigenvalue weighted by molar-refractivity contribution is 6.63. The lowest BCUT2D eigenvalue weighted by Gasteiger charge is -2.21. The van der Waals surface area contributed by atoms with Crippen molar-refractivity contribution in [2.45, 2.75) is 53.2 Å². The average Bonchev–Trinajstić information content (AvgIpc) is 2.82. The van der Waals surface area contributed by atoms with Crippen LogP contribution in [0.3, 0.4) is 0 Å². The molecule has 1 heterocycles. The molecule has 1 aliphatic heterocycles. The monoisotopic (exact) mass is 324 g/mol. The zero-order valence-electron chi connectivity index (χ0n) is 15.6. The Balaban J connectivity index is 0.00000127. The molecular formula is C17H29BO5. The Morgan fingerprint density at radius 2 is 1.78 bits per heavy atom. The van der Waals surface area contributed by atoms with Gasteiger partial charge in [-0.3, -0.25) is 0 Å². The zero-order valence-corrected chi connectivity index (χ0v) is 15.6. The van der Waals surface area contributed by atoms with Gasteiger partial charge in [0.25, 0.3) is 0 Å². The first-order valence-electron chi connectivity index (χ1n) is 8.15. The van der Waals surface area contributed by atoms with Gasteiger partial charge in [-0.1, -0.05) is 19.9 Å². The Bertz CT molecular complexity index is 504. The molecule has 1 aromatic rings. The van der Waals surface area contributed by atoms with Crippen molar-refractivity contribution < 1.29 is 23.5 Å². The van der Waals surface area contributed by atoms with Gasteiger partial charge in [0.1, 0.15) is 0 Å². The Labute approximate surface area is 140 Å². The summed E-state index contributed by atoms with van der Waals surface area (Å²) >= 11 is 0. The fourth-order valence-corrected chi connectivity index (χ4v) is 2.28. The first kappa shape index (κ1) is 19.7. The van der Waals surface area contributed by atoms with Crippen LogP contribution in [-0.2, 0) is 9.31 Å². The maximum atomic E-state index is 6.01. The van der Waals surface area contributed by atoms with Crippen molar-refractivity contribution in [2.75, 3.05) is 20.8 Å². The molecule has 1 saturated heterocycles. The van der Waals surface area contributed by atoms with E-state index in [2.05, 4.69) is 0 Å². The van der Waals surface area contributed by atoms with Gasteiger partial charge in [-0.15, -0.1) is 0 Å². The predicted octanol–water partition coefficient (Wildman–Crippen LogP) is 3.04. The second-order valence-corrected chi connectivity index (χ2v) is 5.48. The van der Waals surface area contributed by atoms with Crippen LogP contribution in [0.5, 0.6) is 17.2 Å². The van der Waals surface area contributed by atoms with Crippen LogP contribution in [0.2, 0.25) is 0 Å². The second-order valence-electron chi connectivity index (χ2n) is 5.48. The van der Waals surface area contributed by atoms with Crippen molar-refractivity contribution >= 4 is 12.6 Å². The van der Waals surface area contributed by atoms with Crippen molar-refractivity contribution in [3.63, 3.8) is 0 Å². The third kappa shape index (κ3) is 4.12. The van der Waals surface area contributed by atoms with Gasteiger partial charge in [0, 0.05) is 5.46 Å². The highest BCUT2D eigenvalue weighted by Gasteiger charge is 2.45. The smallest absolute Gasteiger partial charge is 0.493 e. The van der Waals surface area contributed by atoms with E-state index in [0.717, 1.165) is 5.46 Å². The van der Waals surface area contributed by atoms with E-state index < -0.39 is 7.12 Å². The normalized spacial score (nSPS) is 19.0. The summed E-state index contributed by atoms with van der Waals surface area (Å²) in [5, 5.41) is 0. The third-order valence-corrected chi connectivity index (χ3v) is 3.79. The van der Waals surface area contributed by atoms with Gasteiger partial charge in [0.2, 0.25) is 5.75 Å². The van der Waals surface area contributed by atoms with Crippen LogP contribution in [0.4, 0.5) is 0 Å². The largest absolute Gasteiger partial charge is 0.498 e. The molecule has 0 aromatic heterocycles. The van der Waals surface area contributed by atoms with Gasteiger partial charge in [-0.05, 0) is 33.8 Å². The molecule has 1 aliphatic rings. The van der Waals surface area contributed by atoms with Gasteiger partial charge >= 0.3 is 7.12 Å². The summed E-state index contributed by atoms with van der Waals surface area (Å²) in [6, 6.07) is 3.73. The highest BCUT2D eigenvalue weighted by Crippen LogP contribution is 2.37. The van der Waals surface area contributed by atoms with Crippen molar-refractivity contribution in [2.24, 2.45) is 0 Å². The van der Waals surface area contributed by atoms with Gasteiger partial charge in [0.05, 0.1) is 32.5 Å². The van der Waals surface area contributed by atoms with Gasteiger partial charge < -0.3 is 23.5 Å². The molecule has 0 N–H and O–H groups in total. The highest BCUT2D eigenvalue weighted by atomic mass is 16.7. The Hall–Kier alpha value is -1.40. The molecule has 5 nitrogen and oxygen atoms in total. The zero-order chi connectivity index (χ0) is 17.6. The molecule has 1 unspecified atom stereocenters. The van der Waals surface area contributed by atoms with Crippen molar-refractivity contribution in [1.29, 1.82) is 0 Å². The van der Waals surface area contributed by atoms with Crippen molar-refractivity contribution in [1.82, 2.24) is 0 Å². The minimum Gasteiger partial charge on any atom is -0.493 e. The molecule has 1 fully saturated rings. The standard InChI is InChI=1S/C15H23BO5.C2H6/c1-7-19-13-11(8-9-12(17-5)14(13)18-6)16-20-10(2)15(3,4)21-16;1-2/h8-10H,7H2,1-6H3;1-2H3. The van der Waals surface area contributed by atoms with Crippen molar-refractivity contribution in [3.05, 3.63) is 12.1 Å². The van der Waals surface area contributed by atoms with E-state index in [1.807, 2.05) is 53.7 Å². The molecule has 1 atom stereocenters. The van der Waals surface area contributed by atoms with Crippen LogP contribution in [-0.4, -0.2) is 39.6 Å². The van der Waals surface area contributed by atoms with Gasteiger partial charge in [-0.25, -0.2) is 0 Å². The Morgan fingerprint density at radius 3 is 2.22 bits per heavy atom. The summed E-state index contributed by atoms with van der Waals surface area (Å²) in [5.74, 6) is 1.78. The van der Waals surface area contributed by atoms with Crippen LogP contribution in [0, 0.1) is 0 Å². The second kappa shape index (κ2) is 8.46. The molecule has 0 radical (unpaired) electrons. The van der Waals surface area contributed by atoms with E-state index in [0.29, 0.717) is 23.9 Å². The number of methoxy groups -OCH3 is 2. The summed E-state index contributed by atoms with van der Waals surface area (Å²) < 4.78 is 28.4. The van der Waals surface area contributed by atoms with Crippen molar-refractivity contribution in [3.8, 4) is 17.2 Å². The average molecular weight is 324 g/mol. The first-order valence-corrected chi connectivity index (χ1v) is 8.15. The van der Waals surface area contributed by atoms with Crippen LogP contribution in [0.15, 0.2) is 12.1 Å². The molecule has 0 spiro atoms. The minimum absolute atomic E-state index is 0.00919. The van der Waals surface area contributed by atoms with E-state index in [1.165, 1.54) is 0 Å². The molecule has 0 saturated carbocycles. The number of ether oxygens (including phenoxy) is 3. The van der Waals surface area contributed by atoms with Crippen LogP contribution in [0.25, 0.3) is 0 Å². The summed E-state index contributed by atoms with van der Waals surface area (Å²) in [7, 11) is 2.71. The Kier molecular flexibility index (Phi) is 7.22. The summed E-state index contributed by atoms with van der Waals surface area (Å²) in [5.41, 5.74) is 0.466. The van der Waals surface area contributed by atoms with Crippen LogP contribution in [0.1, 0.15) is 41.5 Å². The van der Waals surface area contributed by atoms with Gasteiger partial charge in [0.15, 0.2) is 11.5 Å². The van der Waals surface area contributed by atoms with Gasteiger partial charge in [-0.2, -0.15) is 0 Å². The minimum atomic E-state index is -0.476. The quantitative estimate of drug-likeness (QED) is 0.779. The molecule has 130 valence electrons. The molecule has 23 heavy (non-hydrogen) atoms. The van der Waals surface area contributed by atoms with Crippen LogP contribution >= 0.6 is 0 Å². The molecule has 6 heteroatoms. The number of rotatable bonds is 5. The van der Waals surface area contributed by atoms with Crippen LogP contribution < -0.4 is 19.7 Å². The molecule has 2 rings (SSSR count). The number of hydrogen-bond acceptors (Lipinski definition) is 5. The van der Waals surface area contributed by atoms with E-state index in [9.17, 15) is 0 Å². The van der Waals surface area contributed by atoms with E-state index in [4.69, 9.17) is 23.5 Å². The lowest BCUT2D eigenvalue weighted by Crippen LogP contribution is -2.36. The van der Waals surface area contributed by atoms with E-state index >= 15 is 0 Å². The number of benzene rings is 1. The first-order chi connectivity index (χ1) is 10.9. The lowest BCUT2D eigenvalue weighted by atomic mass is 9.78. The molecule has 0 aliphatic carbocycles. The topological polar surface area (TPSA) is 46.2 Å². The predicted molar refractivity (Wildman–Crippen MR) is 93.2 cm³/mol. The number of hydrogen-bond donors (Lipinski definition) is 0.